The van der Waals surface area contributed by atoms with Crippen molar-refractivity contribution >= 4 is 32.7 Å². The molecule has 0 aliphatic heterocycles. The summed E-state index contributed by atoms with van der Waals surface area (Å²) in [4.78, 5) is 3.76. The van der Waals surface area contributed by atoms with E-state index in [-0.39, 0.29) is 6.54 Å². The third-order valence-corrected chi connectivity index (χ3v) is 5.74. The minimum absolute atomic E-state index is 0.0683. The van der Waals surface area contributed by atoms with Gasteiger partial charge in [0, 0.05) is 13.1 Å². The maximum absolute atomic E-state index is 12.9. The molecule has 3 rings (SSSR count). The summed E-state index contributed by atoms with van der Waals surface area (Å²) in [6, 6.07) is 10.0. The number of hydrogen-bond donors (Lipinski definition) is 1. The first-order valence-electron chi connectivity index (χ1n) is 7.95. The third kappa shape index (κ3) is 4.42. The van der Waals surface area contributed by atoms with Gasteiger partial charge in [0.15, 0.2) is 0 Å². The Labute approximate surface area is 158 Å². The largest absolute Gasteiger partial charge is 0.417 e. The lowest BCUT2D eigenvalue weighted by Crippen LogP contribution is -2.26. The molecule has 3 aromatic rings. The molecule has 27 heavy (non-hydrogen) atoms. The molecule has 0 radical (unpaired) electrons. The van der Waals surface area contributed by atoms with Crippen LogP contribution >= 0.6 is 11.6 Å². The summed E-state index contributed by atoms with van der Waals surface area (Å²) < 4.78 is 67.4. The molecule has 1 heterocycles. The number of para-hydroxylation sites is 2. The SMILES string of the molecule is O=S(=O)(NCCCn1cnc2ccccc21)c1ccc(Cl)c(C(F)(F)F)c1. The number of imidazole rings is 1. The highest BCUT2D eigenvalue weighted by Gasteiger charge is 2.34. The van der Waals surface area contributed by atoms with Crippen molar-refractivity contribution in [1.29, 1.82) is 0 Å². The maximum atomic E-state index is 12.9. The van der Waals surface area contributed by atoms with Crippen LogP contribution in [0.25, 0.3) is 11.0 Å². The van der Waals surface area contributed by atoms with Crippen molar-refractivity contribution in [3.8, 4) is 0 Å². The second-order valence-electron chi connectivity index (χ2n) is 5.82. The molecule has 0 saturated heterocycles. The van der Waals surface area contributed by atoms with Gasteiger partial charge in [0.25, 0.3) is 0 Å². The van der Waals surface area contributed by atoms with Crippen LogP contribution in [0.2, 0.25) is 5.02 Å². The van der Waals surface area contributed by atoms with Crippen molar-refractivity contribution in [2.24, 2.45) is 0 Å². The molecular weight excluding hydrogens is 403 g/mol. The standard InChI is InChI=1S/C17H15ClF3N3O2S/c18-14-7-6-12(10-13(14)17(19,20)21)27(25,26)23-8-3-9-24-11-22-15-4-1-2-5-16(15)24/h1-2,4-7,10-11,23H,3,8-9H2. The zero-order chi connectivity index (χ0) is 19.7. The number of benzene rings is 2. The molecule has 5 nitrogen and oxygen atoms in total. The normalized spacial score (nSPS) is 12.6. The van der Waals surface area contributed by atoms with Gasteiger partial charge in [0.05, 0.1) is 32.8 Å². The Hall–Kier alpha value is -2.10. The van der Waals surface area contributed by atoms with Crippen molar-refractivity contribution < 1.29 is 21.6 Å². The van der Waals surface area contributed by atoms with Crippen LogP contribution in [0.3, 0.4) is 0 Å². The number of nitrogens with zero attached hydrogens (tertiary/aromatic N) is 2. The van der Waals surface area contributed by atoms with E-state index in [0.717, 1.165) is 23.2 Å². The summed E-state index contributed by atoms with van der Waals surface area (Å²) in [7, 11) is -4.08. The lowest BCUT2D eigenvalue weighted by Gasteiger charge is -2.12. The van der Waals surface area contributed by atoms with Gasteiger partial charge in [0.1, 0.15) is 0 Å². The lowest BCUT2D eigenvalue weighted by molar-refractivity contribution is -0.137. The van der Waals surface area contributed by atoms with E-state index in [4.69, 9.17) is 11.6 Å². The molecule has 0 fully saturated rings. The molecular formula is C17H15ClF3N3O2S. The van der Waals surface area contributed by atoms with Crippen LogP contribution in [-0.4, -0.2) is 24.5 Å². The van der Waals surface area contributed by atoms with Crippen LogP contribution in [0.5, 0.6) is 0 Å². The van der Waals surface area contributed by atoms with E-state index in [9.17, 15) is 21.6 Å². The lowest BCUT2D eigenvalue weighted by atomic mass is 10.2. The highest BCUT2D eigenvalue weighted by atomic mass is 35.5. The minimum atomic E-state index is -4.73. The van der Waals surface area contributed by atoms with Crippen molar-refractivity contribution in [1.82, 2.24) is 14.3 Å². The first-order valence-corrected chi connectivity index (χ1v) is 9.81. The number of aryl methyl sites for hydroxylation is 1. The van der Waals surface area contributed by atoms with Gasteiger partial charge in [-0.25, -0.2) is 18.1 Å². The topological polar surface area (TPSA) is 64.0 Å². The molecule has 0 saturated carbocycles. The first-order chi connectivity index (χ1) is 12.7. The molecule has 0 atom stereocenters. The predicted octanol–water partition coefficient (Wildman–Crippen LogP) is 4.08. The molecule has 0 amide bonds. The first kappa shape index (κ1) is 19.7. The van der Waals surface area contributed by atoms with E-state index in [1.807, 2.05) is 28.8 Å². The fourth-order valence-corrected chi connectivity index (χ4v) is 3.94. The number of rotatable bonds is 6. The average molecular weight is 418 g/mol. The Morgan fingerprint density at radius 1 is 1.15 bits per heavy atom. The summed E-state index contributed by atoms with van der Waals surface area (Å²) in [6.07, 6.45) is -2.63. The molecule has 0 spiro atoms. The highest BCUT2D eigenvalue weighted by molar-refractivity contribution is 7.89. The number of halogens is 4. The van der Waals surface area contributed by atoms with Crippen LogP contribution in [0.4, 0.5) is 13.2 Å². The Morgan fingerprint density at radius 3 is 2.63 bits per heavy atom. The van der Waals surface area contributed by atoms with E-state index < -0.39 is 31.7 Å². The summed E-state index contributed by atoms with van der Waals surface area (Å²) in [5, 5.41) is -0.548. The van der Waals surface area contributed by atoms with Gasteiger partial charge in [-0.15, -0.1) is 0 Å². The molecule has 0 aliphatic carbocycles. The predicted molar refractivity (Wildman–Crippen MR) is 96.0 cm³/mol. The van der Waals surface area contributed by atoms with Gasteiger partial charge in [-0.3, -0.25) is 0 Å². The Kier molecular flexibility index (Phi) is 5.45. The number of alkyl halides is 3. The fraction of sp³-hybridized carbons (Fsp3) is 0.235. The number of fused-ring (bicyclic) bond motifs is 1. The summed E-state index contributed by atoms with van der Waals surface area (Å²) in [5.41, 5.74) is 0.573. The van der Waals surface area contributed by atoms with Gasteiger partial charge in [0.2, 0.25) is 10.0 Å². The van der Waals surface area contributed by atoms with Crippen LogP contribution in [0.15, 0.2) is 53.7 Å². The van der Waals surface area contributed by atoms with E-state index in [2.05, 4.69) is 9.71 Å². The summed E-state index contributed by atoms with van der Waals surface area (Å²) >= 11 is 5.52. The van der Waals surface area contributed by atoms with Crippen molar-refractivity contribution in [3.63, 3.8) is 0 Å². The monoisotopic (exact) mass is 417 g/mol. The average Bonchev–Trinajstić information content (AvgIpc) is 3.01. The van der Waals surface area contributed by atoms with Gasteiger partial charge < -0.3 is 4.57 Å². The van der Waals surface area contributed by atoms with Gasteiger partial charge in [-0.1, -0.05) is 23.7 Å². The fourth-order valence-electron chi connectivity index (χ4n) is 2.62. The Balaban J connectivity index is 1.65. The zero-order valence-electron chi connectivity index (χ0n) is 13.9. The van der Waals surface area contributed by atoms with Crippen LogP contribution in [0.1, 0.15) is 12.0 Å². The second kappa shape index (κ2) is 7.49. The Morgan fingerprint density at radius 2 is 1.89 bits per heavy atom. The van der Waals surface area contributed by atoms with Crippen molar-refractivity contribution in [3.05, 3.63) is 59.4 Å². The van der Waals surface area contributed by atoms with Crippen molar-refractivity contribution in [2.75, 3.05) is 6.54 Å². The van der Waals surface area contributed by atoms with E-state index in [1.165, 1.54) is 0 Å². The zero-order valence-corrected chi connectivity index (χ0v) is 15.4. The molecule has 144 valence electrons. The molecule has 0 bridgehead atoms. The van der Waals surface area contributed by atoms with Crippen molar-refractivity contribution in [2.45, 2.75) is 24.0 Å². The minimum Gasteiger partial charge on any atom is -0.331 e. The quantitative estimate of drug-likeness (QED) is 0.615. The summed E-state index contributed by atoms with van der Waals surface area (Å²) in [5.74, 6) is 0. The number of hydrogen-bond acceptors (Lipinski definition) is 3. The molecule has 10 heteroatoms. The molecule has 0 aliphatic rings. The van der Waals surface area contributed by atoms with Crippen LogP contribution < -0.4 is 4.72 Å². The number of sulfonamides is 1. The van der Waals surface area contributed by atoms with E-state index in [1.54, 1.807) is 6.33 Å². The Bertz CT molecular complexity index is 1060. The van der Waals surface area contributed by atoms with E-state index >= 15 is 0 Å². The van der Waals surface area contributed by atoms with Crippen LogP contribution in [-0.2, 0) is 22.7 Å². The number of nitrogens with one attached hydrogen (secondary N) is 1. The van der Waals surface area contributed by atoms with Crippen LogP contribution in [0, 0.1) is 0 Å². The molecule has 0 unspecified atom stereocenters. The second-order valence-corrected chi connectivity index (χ2v) is 7.99. The molecule has 2 aromatic carbocycles. The molecule has 1 aromatic heterocycles. The van der Waals surface area contributed by atoms with Gasteiger partial charge in [-0.05, 0) is 36.8 Å². The maximum Gasteiger partial charge on any atom is 0.417 e. The molecule has 1 N–H and O–H groups in total. The van der Waals surface area contributed by atoms with E-state index in [0.29, 0.717) is 19.0 Å². The smallest absolute Gasteiger partial charge is 0.331 e. The highest BCUT2D eigenvalue weighted by Crippen LogP contribution is 2.35. The van der Waals surface area contributed by atoms with Gasteiger partial charge >= 0.3 is 6.18 Å². The number of aromatic nitrogens is 2. The van der Waals surface area contributed by atoms with Gasteiger partial charge in [-0.2, -0.15) is 13.2 Å². The summed E-state index contributed by atoms with van der Waals surface area (Å²) in [6.45, 7) is 0.580. The third-order valence-electron chi connectivity index (χ3n) is 3.95.